The van der Waals surface area contributed by atoms with Gasteiger partial charge in [0, 0.05) is 12.2 Å². The van der Waals surface area contributed by atoms with Crippen molar-refractivity contribution in [1.82, 2.24) is 9.97 Å². The third-order valence-corrected chi connectivity index (χ3v) is 1.19. The van der Waals surface area contributed by atoms with Crippen LogP contribution in [-0.2, 0) is 0 Å². The van der Waals surface area contributed by atoms with Crippen LogP contribution >= 0.6 is 0 Å². The van der Waals surface area contributed by atoms with Crippen molar-refractivity contribution in [2.45, 2.75) is 19.9 Å². The first-order valence-electron chi connectivity index (χ1n) is 3.72. The quantitative estimate of drug-likeness (QED) is 0.709. The van der Waals surface area contributed by atoms with Crippen molar-refractivity contribution in [3.05, 3.63) is 18.1 Å². The normalized spacial score (nSPS) is 9.50. The van der Waals surface area contributed by atoms with Crippen molar-refractivity contribution in [3.63, 3.8) is 0 Å². The maximum absolute atomic E-state index is 8.49. The van der Waals surface area contributed by atoms with Crippen LogP contribution in [0.1, 0.15) is 19.7 Å². The highest BCUT2D eigenvalue weighted by atomic mass is 15.0. The van der Waals surface area contributed by atoms with Crippen LogP contribution in [0.15, 0.2) is 12.3 Å². The standard InChI is InChI=1S/C8H10N4/c1-6(2)11-7-3-4-10-8(5-9)12-7/h3-4,6H,1-2H3,(H,10,11,12). The Bertz CT molecular complexity index is 300. The zero-order valence-electron chi connectivity index (χ0n) is 7.07. The van der Waals surface area contributed by atoms with Crippen molar-refractivity contribution in [2.24, 2.45) is 0 Å². The lowest BCUT2D eigenvalue weighted by molar-refractivity contribution is 0.884. The lowest BCUT2D eigenvalue weighted by Gasteiger charge is -2.07. The van der Waals surface area contributed by atoms with Gasteiger partial charge < -0.3 is 5.32 Å². The molecule has 1 heterocycles. The second-order valence-corrected chi connectivity index (χ2v) is 2.68. The summed E-state index contributed by atoms with van der Waals surface area (Å²) in [6.45, 7) is 4.02. The number of nitriles is 1. The van der Waals surface area contributed by atoms with Crippen LogP contribution in [0.5, 0.6) is 0 Å². The molecule has 0 aromatic carbocycles. The van der Waals surface area contributed by atoms with Gasteiger partial charge in [-0.3, -0.25) is 0 Å². The molecule has 1 aromatic heterocycles. The molecule has 62 valence electrons. The molecule has 12 heavy (non-hydrogen) atoms. The molecule has 0 atom stereocenters. The minimum atomic E-state index is 0.195. The highest BCUT2D eigenvalue weighted by Crippen LogP contribution is 2.02. The number of nitrogens with zero attached hydrogens (tertiary/aromatic N) is 3. The SMILES string of the molecule is CC(C)Nc1ccnc(C#N)n1. The van der Waals surface area contributed by atoms with Gasteiger partial charge in [0.2, 0.25) is 5.82 Å². The molecular weight excluding hydrogens is 152 g/mol. The highest BCUT2D eigenvalue weighted by Gasteiger charge is 1.98. The fraction of sp³-hybridized carbons (Fsp3) is 0.375. The third kappa shape index (κ3) is 2.20. The average Bonchev–Trinajstić information content (AvgIpc) is 2.03. The molecule has 0 fully saturated rings. The van der Waals surface area contributed by atoms with Gasteiger partial charge in [-0.1, -0.05) is 0 Å². The molecule has 4 heteroatoms. The van der Waals surface area contributed by atoms with Crippen molar-refractivity contribution in [1.29, 1.82) is 5.26 Å². The van der Waals surface area contributed by atoms with Crippen LogP contribution in [-0.4, -0.2) is 16.0 Å². The zero-order chi connectivity index (χ0) is 8.97. The Hall–Kier alpha value is -1.63. The summed E-state index contributed by atoms with van der Waals surface area (Å²) in [4.78, 5) is 7.70. The summed E-state index contributed by atoms with van der Waals surface area (Å²) in [7, 11) is 0. The molecule has 0 bridgehead atoms. The molecule has 0 aliphatic carbocycles. The van der Waals surface area contributed by atoms with Gasteiger partial charge >= 0.3 is 0 Å². The van der Waals surface area contributed by atoms with Crippen molar-refractivity contribution >= 4 is 5.82 Å². The van der Waals surface area contributed by atoms with E-state index in [0.29, 0.717) is 11.9 Å². The second kappa shape index (κ2) is 3.67. The number of aromatic nitrogens is 2. The fourth-order valence-electron chi connectivity index (χ4n) is 0.789. The largest absolute Gasteiger partial charge is 0.368 e. The van der Waals surface area contributed by atoms with E-state index < -0.39 is 0 Å². The summed E-state index contributed by atoms with van der Waals surface area (Å²) >= 11 is 0. The molecular formula is C8H10N4. The smallest absolute Gasteiger partial charge is 0.234 e. The molecule has 0 saturated heterocycles. The van der Waals surface area contributed by atoms with Crippen LogP contribution in [0, 0.1) is 11.3 Å². The van der Waals surface area contributed by atoms with Gasteiger partial charge in [0.1, 0.15) is 11.9 Å². The summed E-state index contributed by atoms with van der Waals surface area (Å²) in [5, 5.41) is 11.6. The van der Waals surface area contributed by atoms with E-state index in [9.17, 15) is 0 Å². The van der Waals surface area contributed by atoms with Gasteiger partial charge in [0.25, 0.3) is 0 Å². The lowest BCUT2D eigenvalue weighted by Crippen LogP contribution is -2.11. The van der Waals surface area contributed by atoms with Crippen molar-refractivity contribution in [2.75, 3.05) is 5.32 Å². The number of hydrogen-bond acceptors (Lipinski definition) is 4. The zero-order valence-corrected chi connectivity index (χ0v) is 7.07. The van der Waals surface area contributed by atoms with E-state index >= 15 is 0 Å². The Morgan fingerprint density at radius 3 is 2.92 bits per heavy atom. The second-order valence-electron chi connectivity index (χ2n) is 2.68. The minimum absolute atomic E-state index is 0.195. The summed E-state index contributed by atoms with van der Waals surface area (Å²) in [6, 6.07) is 3.93. The Morgan fingerprint density at radius 2 is 2.33 bits per heavy atom. The summed E-state index contributed by atoms with van der Waals surface area (Å²) in [5.41, 5.74) is 0. The Balaban J connectivity index is 2.81. The average molecular weight is 162 g/mol. The van der Waals surface area contributed by atoms with Crippen LogP contribution < -0.4 is 5.32 Å². The molecule has 0 amide bonds. The van der Waals surface area contributed by atoms with Gasteiger partial charge in [0.05, 0.1) is 0 Å². The van der Waals surface area contributed by atoms with E-state index in [0.717, 1.165) is 0 Å². The molecule has 0 saturated carbocycles. The Morgan fingerprint density at radius 1 is 1.58 bits per heavy atom. The fourth-order valence-corrected chi connectivity index (χ4v) is 0.789. The summed E-state index contributed by atoms with van der Waals surface area (Å²) in [5.74, 6) is 0.886. The lowest BCUT2D eigenvalue weighted by atomic mass is 10.4. The van der Waals surface area contributed by atoms with Gasteiger partial charge in [-0.25, -0.2) is 9.97 Å². The number of hydrogen-bond donors (Lipinski definition) is 1. The number of nitrogens with one attached hydrogen (secondary N) is 1. The van der Waals surface area contributed by atoms with E-state index in [2.05, 4.69) is 15.3 Å². The maximum Gasteiger partial charge on any atom is 0.234 e. The predicted octanol–water partition coefficient (Wildman–Crippen LogP) is 1.17. The molecule has 1 rings (SSSR count). The Labute approximate surface area is 71.3 Å². The molecule has 0 unspecified atom stereocenters. The van der Waals surface area contributed by atoms with Crippen molar-refractivity contribution < 1.29 is 0 Å². The third-order valence-electron chi connectivity index (χ3n) is 1.19. The van der Waals surface area contributed by atoms with Crippen LogP contribution in [0.4, 0.5) is 5.82 Å². The van der Waals surface area contributed by atoms with Crippen LogP contribution in [0.3, 0.4) is 0 Å². The molecule has 1 N–H and O–H groups in total. The van der Waals surface area contributed by atoms with Gasteiger partial charge in [-0.05, 0) is 19.9 Å². The molecule has 0 spiro atoms. The van der Waals surface area contributed by atoms with Crippen LogP contribution in [0.2, 0.25) is 0 Å². The highest BCUT2D eigenvalue weighted by molar-refractivity contribution is 5.35. The van der Waals surface area contributed by atoms with Gasteiger partial charge in [-0.15, -0.1) is 0 Å². The number of rotatable bonds is 2. The number of anilines is 1. The Kier molecular flexibility index (Phi) is 2.59. The topological polar surface area (TPSA) is 61.6 Å². The molecule has 4 nitrogen and oxygen atoms in total. The first-order valence-corrected chi connectivity index (χ1v) is 3.72. The van der Waals surface area contributed by atoms with Crippen LogP contribution in [0.25, 0.3) is 0 Å². The van der Waals surface area contributed by atoms with E-state index in [1.165, 1.54) is 0 Å². The molecule has 1 aromatic rings. The van der Waals surface area contributed by atoms with E-state index in [1.54, 1.807) is 12.3 Å². The first kappa shape index (κ1) is 8.47. The first-order chi connectivity index (χ1) is 5.72. The monoisotopic (exact) mass is 162 g/mol. The van der Waals surface area contributed by atoms with E-state index in [4.69, 9.17) is 5.26 Å². The molecule has 0 aliphatic rings. The summed E-state index contributed by atoms with van der Waals surface area (Å²) < 4.78 is 0. The van der Waals surface area contributed by atoms with Gasteiger partial charge in [-0.2, -0.15) is 5.26 Å². The van der Waals surface area contributed by atoms with Crippen molar-refractivity contribution in [3.8, 4) is 6.07 Å². The minimum Gasteiger partial charge on any atom is -0.368 e. The predicted molar refractivity (Wildman–Crippen MR) is 45.5 cm³/mol. The van der Waals surface area contributed by atoms with E-state index in [-0.39, 0.29) is 5.82 Å². The molecule has 0 radical (unpaired) electrons. The maximum atomic E-state index is 8.49. The van der Waals surface area contributed by atoms with E-state index in [1.807, 2.05) is 19.9 Å². The summed E-state index contributed by atoms with van der Waals surface area (Å²) in [6.07, 6.45) is 1.57. The molecule has 0 aliphatic heterocycles. The van der Waals surface area contributed by atoms with Gasteiger partial charge in [0.15, 0.2) is 0 Å².